The van der Waals surface area contributed by atoms with Gasteiger partial charge in [0.1, 0.15) is 0 Å². The van der Waals surface area contributed by atoms with E-state index in [1.807, 2.05) is 19.1 Å². The molecule has 114 valence electrons. The first kappa shape index (κ1) is 17.7. The van der Waals surface area contributed by atoms with Gasteiger partial charge in [-0.2, -0.15) is 0 Å². The second-order valence-electron chi connectivity index (χ2n) is 5.13. The van der Waals surface area contributed by atoms with Crippen molar-refractivity contribution in [2.75, 3.05) is 5.33 Å². The van der Waals surface area contributed by atoms with Crippen LogP contribution in [0.25, 0.3) is 0 Å². The maximum absolute atomic E-state index is 12.3. The average Bonchev–Trinajstić information content (AvgIpc) is 2.42. The van der Waals surface area contributed by atoms with Gasteiger partial charge in [-0.3, -0.25) is 0 Å². The highest BCUT2D eigenvalue weighted by molar-refractivity contribution is 9.09. The predicted octanol–water partition coefficient (Wildman–Crippen LogP) is 4.01. The van der Waals surface area contributed by atoms with Crippen LogP contribution in [0.2, 0.25) is 0 Å². The molecule has 1 aromatic rings. The van der Waals surface area contributed by atoms with Crippen LogP contribution in [-0.4, -0.2) is 19.8 Å². The van der Waals surface area contributed by atoms with Gasteiger partial charge < -0.3 is 0 Å². The van der Waals surface area contributed by atoms with E-state index in [-0.39, 0.29) is 6.04 Å². The number of aryl methyl sites for hydroxylation is 1. The lowest BCUT2D eigenvalue weighted by atomic mass is 10.1. The number of alkyl halides is 1. The summed E-state index contributed by atoms with van der Waals surface area (Å²) >= 11 is 3.39. The van der Waals surface area contributed by atoms with Crippen LogP contribution in [0.15, 0.2) is 29.2 Å². The number of rotatable bonds is 9. The average molecular weight is 362 g/mol. The Labute approximate surface area is 131 Å². The second kappa shape index (κ2) is 8.80. The van der Waals surface area contributed by atoms with Gasteiger partial charge >= 0.3 is 0 Å². The molecule has 0 amide bonds. The fourth-order valence-electron chi connectivity index (χ4n) is 1.99. The lowest BCUT2D eigenvalue weighted by Crippen LogP contribution is -2.36. The highest BCUT2D eigenvalue weighted by atomic mass is 79.9. The van der Waals surface area contributed by atoms with Crippen LogP contribution >= 0.6 is 15.9 Å². The summed E-state index contributed by atoms with van der Waals surface area (Å²) in [4.78, 5) is 0.336. The molecule has 0 radical (unpaired) electrons. The first-order valence-electron chi connectivity index (χ1n) is 7.14. The summed E-state index contributed by atoms with van der Waals surface area (Å²) in [6, 6.07) is 6.90. The van der Waals surface area contributed by atoms with E-state index < -0.39 is 10.0 Å². The molecule has 1 N–H and O–H groups in total. The second-order valence-corrected chi connectivity index (χ2v) is 7.50. The summed E-state index contributed by atoms with van der Waals surface area (Å²) in [6.45, 7) is 4.11. The summed E-state index contributed by atoms with van der Waals surface area (Å²) < 4.78 is 27.3. The van der Waals surface area contributed by atoms with Gasteiger partial charge in [0.15, 0.2) is 0 Å². The molecule has 0 heterocycles. The normalized spacial score (nSPS) is 13.3. The molecule has 0 bridgehead atoms. The largest absolute Gasteiger partial charge is 0.240 e. The van der Waals surface area contributed by atoms with Gasteiger partial charge in [0, 0.05) is 11.4 Å². The van der Waals surface area contributed by atoms with Crippen LogP contribution in [0, 0.1) is 6.92 Å². The Balaban J connectivity index is 2.60. The molecule has 0 aliphatic heterocycles. The minimum Gasteiger partial charge on any atom is -0.207 e. The van der Waals surface area contributed by atoms with E-state index in [1.54, 1.807) is 12.1 Å². The Morgan fingerprint density at radius 1 is 1.15 bits per heavy atom. The fourth-order valence-corrected chi connectivity index (χ4v) is 3.96. The smallest absolute Gasteiger partial charge is 0.207 e. The molecule has 0 saturated carbocycles. The van der Waals surface area contributed by atoms with Gasteiger partial charge in [-0.05, 0) is 25.5 Å². The van der Waals surface area contributed by atoms with Crippen LogP contribution in [0.4, 0.5) is 0 Å². The zero-order valence-electron chi connectivity index (χ0n) is 12.2. The standard InChI is InChI=1S/C15H24BrNO2S/c1-3-4-5-6-7-14(12-16)17-20(18,19)15-10-8-13(2)9-11-15/h8-11,14,17H,3-7,12H2,1-2H3/t14-/m1/s1. The lowest BCUT2D eigenvalue weighted by Gasteiger charge is -2.16. The number of hydrogen-bond donors (Lipinski definition) is 1. The third-order valence-electron chi connectivity index (χ3n) is 3.25. The van der Waals surface area contributed by atoms with E-state index in [0.717, 1.165) is 24.8 Å². The monoisotopic (exact) mass is 361 g/mol. The van der Waals surface area contributed by atoms with Crippen molar-refractivity contribution >= 4 is 26.0 Å². The van der Waals surface area contributed by atoms with Gasteiger partial charge in [0.05, 0.1) is 4.90 Å². The van der Waals surface area contributed by atoms with Crippen LogP contribution < -0.4 is 4.72 Å². The molecule has 20 heavy (non-hydrogen) atoms. The van der Waals surface area contributed by atoms with Gasteiger partial charge in [-0.15, -0.1) is 0 Å². The van der Waals surface area contributed by atoms with E-state index in [1.165, 1.54) is 12.8 Å². The molecule has 0 fully saturated rings. The van der Waals surface area contributed by atoms with Crippen molar-refractivity contribution in [2.45, 2.75) is 56.9 Å². The van der Waals surface area contributed by atoms with E-state index in [2.05, 4.69) is 27.6 Å². The lowest BCUT2D eigenvalue weighted by molar-refractivity contribution is 0.527. The minimum atomic E-state index is -3.41. The number of unbranched alkanes of at least 4 members (excludes halogenated alkanes) is 3. The highest BCUT2D eigenvalue weighted by Crippen LogP contribution is 2.14. The summed E-state index contributed by atoms with van der Waals surface area (Å²) in [6.07, 6.45) is 5.48. The summed E-state index contributed by atoms with van der Waals surface area (Å²) in [5, 5.41) is 0.643. The summed E-state index contributed by atoms with van der Waals surface area (Å²) in [7, 11) is -3.41. The Morgan fingerprint density at radius 3 is 2.35 bits per heavy atom. The van der Waals surface area contributed by atoms with Crippen molar-refractivity contribution < 1.29 is 8.42 Å². The van der Waals surface area contributed by atoms with Crippen molar-refractivity contribution in [3.05, 3.63) is 29.8 Å². The first-order chi connectivity index (χ1) is 9.49. The van der Waals surface area contributed by atoms with Gasteiger partial charge in [0.25, 0.3) is 0 Å². The molecule has 0 saturated heterocycles. The topological polar surface area (TPSA) is 46.2 Å². The molecule has 0 aliphatic rings. The third kappa shape index (κ3) is 5.94. The maximum atomic E-state index is 12.3. The molecule has 0 unspecified atom stereocenters. The molecule has 0 aliphatic carbocycles. The molecule has 0 aromatic heterocycles. The van der Waals surface area contributed by atoms with Crippen molar-refractivity contribution in [3.63, 3.8) is 0 Å². The number of sulfonamides is 1. The quantitative estimate of drug-likeness (QED) is 0.533. The first-order valence-corrected chi connectivity index (χ1v) is 9.75. The van der Waals surface area contributed by atoms with Gasteiger partial charge in [-0.1, -0.05) is 66.2 Å². The van der Waals surface area contributed by atoms with E-state index in [4.69, 9.17) is 0 Å². The molecular weight excluding hydrogens is 338 g/mol. The Kier molecular flexibility index (Phi) is 7.77. The van der Waals surface area contributed by atoms with Crippen LogP contribution in [0.3, 0.4) is 0 Å². The third-order valence-corrected chi connectivity index (χ3v) is 5.56. The number of hydrogen-bond acceptors (Lipinski definition) is 2. The van der Waals surface area contributed by atoms with Crippen molar-refractivity contribution in [3.8, 4) is 0 Å². The molecule has 1 atom stereocenters. The van der Waals surface area contributed by atoms with Gasteiger partial charge in [0.2, 0.25) is 10.0 Å². The predicted molar refractivity (Wildman–Crippen MR) is 87.8 cm³/mol. The Bertz CT molecular complexity index is 485. The maximum Gasteiger partial charge on any atom is 0.240 e. The number of halogens is 1. The van der Waals surface area contributed by atoms with E-state index in [9.17, 15) is 8.42 Å². The molecule has 5 heteroatoms. The van der Waals surface area contributed by atoms with Crippen LogP contribution in [0.1, 0.15) is 44.6 Å². The fraction of sp³-hybridized carbons (Fsp3) is 0.600. The highest BCUT2D eigenvalue weighted by Gasteiger charge is 2.18. The van der Waals surface area contributed by atoms with Crippen LogP contribution in [-0.2, 0) is 10.0 Å². The molecular formula is C15H24BrNO2S. The SMILES string of the molecule is CCCCCC[C@H](CBr)NS(=O)(=O)c1ccc(C)cc1. The Morgan fingerprint density at radius 2 is 1.80 bits per heavy atom. The van der Waals surface area contributed by atoms with E-state index >= 15 is 0 Å². The zero-order chi connectivity index (χ0) is 15.0. The van der Waals surface area contributed by atoms with Crippen molar-refractivity contribution in [1.82, 2.24) is 4.72 Å². The van der Waals surface area contributed by atoms with Crippen molar-refractivity contribution in [2.24, 2.45) is 0 Å². The van der Waals surface area contributed by atoms with Crippen LogP contribution in [0.5, 0.6) is 0 Å². The number of nitrogens with one attached hydrogen (secondary N) is 1. The van der Waals surface area contributed by atoms with Crippen molar-refractivity contribution in [1.29, 1.82) is 0 Å². The molecule has 1 aromatic carbocycles. The molecule has 0 spiro atoms. The Hall–Kier alpha value is -0.390. The number of benzene rings is 1. The van der Waals surface area contributed by atoms with Gasteiger partial charge in [-0.25, -0.2) is 13.1 Å². The summed E-state index contributed by atoms with van der Waals surface area (Å²) in [5.41, 5.74) is 1.06. The molecule has 1 rings (SSSR count). The molecule has 3 nitrogen and oxygen atoms in total. The zero-order valence-corrected chi connectivity index (χ0v) is 14.6. The minimum absolute atomic E-state index is 0.0434. The summed E-state index contributed by atoms with van der Waals surface area (Å²) in [5.74, 6) is 0. The van der Waals surface area contributed by atoms with E-state index in [0.29, 0.717) is 10.2 Å².